The minimum Gasteiger partial charge on any atom is -0.497 e. The second-order valence-corrected chi connectivity index (χ2v) is 5.62. The molecule has 0 aliphatic carbocycles. The van der Waals surface area contributed by atoms with Gasteiger partial charge in [0.2, 0.25) is 5.91 Å². The summed E-state index contributed by atoms with van der Waals surface area (Å²) in [5.41, 5.74) is 1.06. The van der Waals surface area contributed by atoms with E-state index in [1.165, 1.54) is 0 Å². The fraction of sp³-hybridized carbons (Fsp3) is 0.562. The van der Waals surface area contributed by atoms with Gasteiger partial charge >= 0.3 is 0 Å². The average molecular weight is 292 g/mol. The standard InChI is InChI=1S/C16H24N2O3/c1-11(2)14(10-20-3)18-15(19)9-17-16(18)12-5-7-13(21-4)8-6-12/h5-8,11,14,16-17H,9-10H2,1-4H3. The number of nitrogens with zero attached hydrogens (tertiary/aromatic N) is 1. The van der Waals surface area contributed by atoms with Crippen LogP contribution in [0.4, 0.5) is 0 Å². The Morgan fingerprint density at radius 1 is 1.29 bits per heavy atom. The van der Waals surface area contributed by atoms with Crippen LogP contribution in [0.25, 0.3) is 0 Å². The molecule has 1 aromatic rings. The van der Waals surface area contributed by atoms with Crippen molar-refractivity contribution in [2.75, 3.05) is 27.4 Å². The Balaban J connectivity index is 2.25. The highest BCUT2D eigenvalue weighted by atomic mass is 16.5. The molecule has 1 N–H and O–H groups in total. The molecule has 0 spiro atoms. The molecule has 5 heteroatoms. The lowest BCUT2D eigenvalue weighted by atomic mass is 10.0. The van der Waals surface area contributed by atoms with E-state index in [4.69, 9.17) is 9.47 Å². The van der Waals surface area contributed by atoms with Gasteiger partial charge in [0.05, 0.1) is 26.3 Å². The third kappa shape index (κ3) is 3.36. The second-order valence-electron chi connectivity index (χ2n) is 5.62. The zero-order valence-corrected chi connectivity index (χ0v) is 13.1. The predicted octanol–water partition coefficient (Wildman–Crippen LogP) is 1.80. The van der Waals surface area contributed by atoms with Crippen molar-refractivity contribution in [3.8, 4) is 5.75 Å². The lowest BCUT2D eigenvalue weighted by Crippen LogP contribution is -2.45. The zero-order chi connectivity index (χ0) is 15.4. The lowest BCUT2D eigenvalue weighted by Gasteiger charge is -2.35. The van der Waals surface area contributed by atoms with Crippen LogP contribution in [0.5, 0.6) is 5.75 Å². The third-order valence-electron chi connectivity index (χ3n) is 3.91. The van der Waals surface area contributed by atoms with Gasteiger partial charge in [-0.25, -0.2) is 0 Å². The van der Waals surface area contributed by atoms with Gasteiger partial charge in [0.15, 0.2) is 0 Å². The number of rotatable bonds is 6. The molecule has 1 aromatic carbocycles. The molecule has 21 heavy (non-hydrogen) atoms. The quantitative estimate of drug-likeness (QED) is 0.868. The van der Waals surface area contributed by atoms with Crippen molar-refractivity contribution in [1.82, 2.24) is 10.2 Å². The summed E-state index contributed by atoms with van der Waals surface area (Å²) in [6, 6.07) is 7.88. The number of hydrogen-bond donors (Lipinski definition) is 1. The summed E-state index contributed by atoms with van der Waals surface area (Å²) in [7, 11) is 3.32. The monoisotopic (exact) mass is 292 g/mol. The van der Waals surface area contributed by atoms with Crippen molar-refractivity contribution in [3.63, 3.8) is 0 Å². The van der Waals surface area contributed by atoms with E-state index >= 15 is 0 Å². The molecule has 0 bridgehead atoms. The molecule has 0 radical (unpaired) electrons. The molecule has 2 unspecified atom stereocenters. The van der Waals surface area contributed by atoms with Crippen LogP contribution < -0.4 is 10.1 Å². The Morgan fingerprint density at radius 2 is 1.95 bits per heavy atom. The molecule has 0 saturated carbocycles. The van der Waals surface area contributed by atoms with Crippen molar-refractivity contribution in [2.45, 2.75) is 26.1 Å². The molecule has 5 nitrogen and oxygen atoms in total. The van der Waals surface area contributed by atoms with Crippen LogP contribution in [-0.4, -0.2) is 44.2 Å². The van der Waals surface area contributed by atoms with Gasteiger partial charge in [0.25, 0.3) is 0 Å². The van der Waals surface area contributed by atoms with Gasteiger partial charge in [-0.05, 0) is 23.6 Å². The van der Waals surface area contributed by atoms with Crippen LogP contribution in [0.1, 0.15) is 25.6 Å². The molecule has 1 fully saturated rings. The highest BCUT2D eigenvalue weighted by Crippen LogP contribution is 2.28. The first-order valence-corrected chi connectivity index (χ1v) is 7.26. The molecule has 116 valence electrons. The van der Waals surface area contributed by atoms with Gasteiger partial charge < -0.3 is 14.4 Å². The maximum atomic E-state index is 12.3. The first kappa shape index (κ1) is 15.8. The van der Waals surface area contributed by atoms with Crippen molar-refractivity contribution in [2.24, 2.45) is 5.92 Å². The topological polar surface area (TPSA) is 50.8 Å². The fourth-order valence-corrected chi connectivity index (χ4v) is 2.72. The summed E-state index contributed by atoms with van der Waals surface area (Å²) in [6.07, 6.45) is -0.106. The van der Waals surface area contributed by atoms with Crippen LogP contribution in [0.3, 0.4) is 0 Å². The van der Waals surface area contributed by atoms with E-state index in [0.717, 1.165) is 11.3 Å². The summed E-state index contributed by atoms with van der Waals surface area (Å²) in [4.78, 5) is 14.2. The van der Waals surface area contributed by atoms with E-state index in [9.17, 15) is 4.79 Å². The van der Waals surface area contributed by atoms with Gasteiger partial charge in [-0.15, -0.1) is 0 Å². The molecular weight excluding hydrogens is 268 g/mol. The minimum absolute atomic E-state index is 0.0598. The molecule has 1 amide bonds. The summed E-state index contributed by atoms with van der Waals surface area (Å²) in [5, 5.41) is 3.28. The normalized spacial score (nSPS) is 20.1. The molecular formula is C16H24N2O3. The van der Waals surface area contributed by atoms with Crippen LogP contribution in [0.15, 0.2) is 24.3 Å². The zero-order valence-electron chi connectivity index (χ0n) is 13.1. The predicted molar refractivity (Wildman–Crippen MR) is 81.1 cm³/mol. The number of benzene rings is 1. The van der Waals surface area contributed by atoms with Gasteiger partial charge in [-0.1, -0.05) is 26.0 Å². The smallest absolute Gasteiger partial charge is 0.238 e. The first-order chi connectivity index (χ1) is 10.1. The third-order valence-corrected chi connectivity index (χ3v) is 3.91. The Kier molecular flexibility index (Phi) is 5.20. The number of carbonyl (C=O) groups is 1. The molecule has 1 saturated heterocycles. The summed E-state index contributed by atoms with van der Waals surface area (Å²) >= 11 is 0. The van der Waals surface area contributed by atoms with E-state index in [-0.39, 0.29) is 18.1 Å². The lowest BCUT2D eigenvalue weighted by molar-refractivity contribution is -0.132. The maximum absolute atomic E-state index is 12.3. The Morgan fingerprint density at radius 3 is 2.48 bits per heavy atom. The minimum atomic E-state index is -0.106. The Bertz CT molecular complexity index is 473. The Labute approximate surface area is 126 Å². The highest BCUT2D eigenvalue weighted by molar-refractivity contribution is 5.81. The Hall–Kier alpha value is -1.59. The van der Waals surface area contributed by atoms with Crippen molar-refractivity contribution in [3.05, 3.63) is 29.8 Å². The molecule has 2 atom stereocenters. The van der Waals surface area contributed by atoms with E-state index in [1.807, 2.05) is 29.2 Å². The molecule has 1 aliphatic heterocycles. The number of nitrogens with one attached hydrogen (secondary N) is 1. The van der Waals surface area contributed by atoms with Crippen molar-refractivity contribution in [1.29, 1.82) is 0 Å². The molecule has 1 aliphatic rings. The highest BCUT2D eigenvalue weighted by Gasteiger charge is 2.37. The van der Waals surface area contributed by atoms with Gasteiger partial charge in [-0.3, -0.25) is 10.1 Å². The van der Waals surface area contributed by atoms with Crippen LogP contribution in [-0.2, 0) is 9.53 Å². The van der Waals surface area contributed by atoms with Crippen molar-refractivity contribution >= 4 is 5.91 Å². The van der Waals surface area contributed by atoms with E-state index in [0.29, 0.717) is 19.1 Å². The molecule has 0 aromatic heterocycles. The fourth-order valence-electron chi connectivity index (χ4n) is 2.72. The van der Waals surface area contributed by atoms with Gasteiger partial charge in [-0.2, -0.15) is 0 Å². The van der Waals surface area contributed by atoms with E-state index in [2.05, 4.69) is 19.2 Å². The molecule has 1 heterocycles. The summed E-state index contributed by atoms with van der Waals surface area (Å²) in [5.74, 6) is 1.26. The van der Waals surface area contributed by atoms with Crippen LogP contribution >= 0.6 is 0 Å². The van der Waals surface area contributed by atoms with Crippen molar-refractivity contribution < 1.29 is 14.3 Å². The van der Waals surface area contributed by atoms with Gasteiger partial charge in [0, 0.05) is 7.11 Å². The number of amides is 1. The number of ether oxygens (including phenoxy) is 2. The number of hydrogen-bond acceptors (Lipinski definition) is 4. The number of carbonyl (C=O) groups excluding carboxylic acids is 1. The molecule has 2 rings (SSSR count). The van der Waals surface area contributed by atoms with Crippen LogP contribution in [0.2, 0.25) is 0 Å². The largest absolute Gasteiger partial charge is 0.497 e. The van der Waals surface area contributed by atoms with Crippen LogP contribution in [0, 0.1) is 5.92 Å². The second kappa shape index (κ2) is 6.91. The summed E-state index contributed by atoms with van der Waals surface area (Å²) in [6.45, 7) is 5.13. The van der Waals surface area contributed by atoms with E-state index < -0.39 is 0 Å². The maximum Gasteiger partial charge on any atom is 0.238 e. The first-order valence-electron chi connectivity index (χ1n) is 7.26. The number of methoxy groups -OCH3 is 2. The van der Waals surface area contributed by atoms with E-state index in [1.54, 1.807) is 14.2 Å². The SMILES string of the molecule is COCC(C(C)C)N1C(=O)CNC1c1ccc(OC)cc1. The summed E-state index contributed by atoms with van der Waals surface area (Å²) < 4.78 is 10.5. The average Bonchev–Trinajstić information content (AvgIpc) is 2.86. The van der Waals surface area contributed by atoms with Gasteiger partial charge in [0.1, 0.15) is 11.9 Å².